The third kappa shape index (κ3) is 4.53. The van der Waals surface area contributed by atoms with E-state index >= 15 is 0 Å². The summed E-state index contributed by atoms with van der Waals surface area (Å²) in [6.45, 7) is 7.25. The Labute approximate surface area is 159 Å². The fourth-order valence-electron chi connectivity index (χ4n) is 3.43. The van der Waals surface area contributed by atoms with Crippen LogP contribution in [-0.4, -0.2) is 56.4 Å². The molecule has 0 spiro atoms. The normalized spacial score (nSPS) is 17.9. The molecule has 0 radical (unpaired) electrons. The summed E-state index contributed by atoms with van der Waals surface area (Å²) in [6, 6.07) is 9.54. The first-order valence-electron chi connectivity index (χ1n) is 9.46. The lowest BCUT2D eigenvalue weighted by atomic mass is 10.1. The van der Waals surface area contributed by atoms with Crippen molar-refractivity contribution in [2.24, 2.45) is 5.92 Å². The van der Waals surface area contributed by atoms with Gasteiger partial charge in [0.1, 0.15) is 5.82 Å². The van der Waals surface area contributed by atoms with E-state index in [-0.39, 0.29) is 23.8 Å². The minimum absolute atomic E-state index is 0.0693. The van der Waals surface area contributed by atoms with E-state index in [1.54, 1.807) is 0 Å². The second-order valence-corrected chi connectivity index (χ2v) is 7.31. The Morgan fingerprint density at radius 2 is 1.93 bits per heavy atom. The molecule has 1 aliphatic rings. The Hall–Kier alpha value is -2.70. The van der Waals surface area contributed by atoms with Gasteiger partial charge in [-0.15, -0.1) is 0 Å². The Morgan fingerprint density at radius 1 is 1.19 bits per heavy atom. The van der Waals surface area contributed by atoms with E-state index in [2.05, 4.69) is 15.2 Å². The average molecular weight is 369 g/mol. The zero-order valence-electron chi connectivity index (χ0n) is 16.2. The molecule has 7 heteroatoms. The molecule has 144 valence electrons. The fraction of sp³-hybridized carbons (Fsp3) is 0.500. The molecule has 2 aromatic rings. The van der Waals surface area contributed by atoms with Gasteiger partial charge in [-0.1, -0.05) is 44.2 Å². The maximum Gasteiger partial charge on any atom is 0.227 e. The second-order valence-electron chi connectivity index (χ2n) is 7.31. The third-order valence-corrected chi connectivity index (χ3v) is 4.90. The quantitative estimate of drug-likeness (QED) is 0.895. The fourth-order valence-corrected chi connectivity index (χ4v) is 3.43. The lowest BCUT2D eigenvalue weighted by Crippen LogP contribution is -2.40. The minimum atomic E-state index is -0.209. The van der Waals surface area contributed by atoms with Gasteiger partial charge in [0.25, 0.3) is 0 Å². The molecule has 1 saturated heterocycles. The van der Waals surface area contributed by atoms with Gasteiger partial charge in [0.05, 0.1) is 12.5 Å². The first-order chi connectivity index (χ1) is 13.0. The van der Waals surface area contributed by atoms with Crippen molar-refractivity contribution in [3.05, 3.63) is 47.5 Å². The highest BCUT2D eigenvalue weighted by atomic mass is 16.2. The Morgan fingerprint density at radius 3 is 2.56 bits per heavy atom. The summed E-state index contributed by atoms with van der Waals surface area (Å²) >= 11 is 0. The monoisotopic (exact) mass is 369 g/mol. The number of nitrogens with zero attached hydrogens (tertiary/aromatic N) is 4. The molecule has 27 heavy (non-hydrogen) atoms. The zero-order valence-corrected chi connectivity index (χ0v) is 16.2. The maximum absolute atomic E-state index is 12.8. The van der Waals surface area contributed by atoms with E-state index in [4.69, 9.17) is 0 Å². The lowest BCUT2D eigenvalue weighted by Gasteiger charge is -2.29. The summed E-state index contributed by atoms with van der Waals surface area (Å²) in [5, 5.41) is 7.14. The van der Waals surface area contributed by atoms with Crippen molar-refractivity contribution in [3.8, 4) is 0 Å². The van der Waals surface area contributed by atoms with Crippen LogP contribution in [0.25, 0.3) is 0 Å². The van der Waals surface area contributed by atoms with Gasteiger partial charge in [-0.05, 0) is 18.9 Å². The van der Waals surface area contributed by atoms with Gasteiger partial charge in [0, 0.05) is 25.6 Å². The van der Waals surface area contributed by atoms with Crippen molar-refractivity contribution >= 4 is 11.8 Å². The van der Waals surface area contributed by atoms with Crippen molar-refractivity contribution < 1.29 is 9.59 Å². The lowest BCUT2D eigenvalue weighted by molar-refractivity contribution is -0.137. The number of rotatable bonds is 4. The molecule has 0 aliphatic carbocycles. The molecule has 1 N–H and O–H groups in total. The highest BCUT2D eigenvalue weighted by molar-refractivity contribution is 5.80. The molecule has 0 saturated carbocycles. The largest absolute Gasteiger partial charge is 0.341 e. The number of aromatic amines is 1. The van der Waals surface area contributed by atoms with Gasteiger partial charge >= 0.3 is 0 Å². The molecular formula is C20H27N5O2. The minimum Gasteiger partial charge on any atom is -0.341 e. The number of benzene rings is 1. The average Bonchev–Trinajstić information content (AvgIpc) is 2.96. The van der Waals surface area contributed by atoms with Crippen molar-refractivity contribution in [2.75, 3.05) is 19.6 Å². The summed E-state index contributed by atoms with van der Waals surface area (Å²) in [5.41, 5.74) is 1.00. The van der Waals surface area contributed by atoms with Crippen LogP contribution < -0.4 is 0 Å². The van der Waals surface area contributed by atoms with E-state index < -0.39 is 0 Å². The van der Waals surface area contributed by atoms with Crippen molar-refractivity contribution in [3.63, 3.8) is 0 Å². The topological polar surface area (TPSA) is 82.2 Å². The first-order valence-corrected chi connectivity index (χ1v) is 9.46. The molecule has 0 bridgehead atoms. The number of aryl methyl sites for hydroxylation is 1. The van der Waals surface area contributed by atoms with Gasteiger partial charge in [-0.2, -0.15) is 5.10 Å². The highest BCUT2D eigenvalue weighted by Crippen LogP contribution is 2.26. The van der Waals surface area contributed by atoms with Crippen molar-refractivity contribution in [1.82, 2.24) is 25.0 Å². The predicted molar refractivity (Wildman–Crippen MR) is 102 cm³/mol. The molecule has 3 rings (SSSR count). The summed E-state index contributed by atoms with van der Waals surface area (Å²) in [4.78, 5) is 33.7. The smallest absolute Gasteiger partial charge is 0.227 e. The van der Waals surface area contributed by atoms with E-state index in [0.717, 1.165) is 11.4 Å². The van der Waals surface area contributed by atoms with E-state index in [0.29, 0.717) is 38.3 Å². The number of aromatic nitrogens is 3. The second kappa shape index (κ2) is 8.33. The Bertz CT molecular complexity index is 787. The van der Waals surface area contributed by atoms with Gasteiger partial charge in [-0.3, -0.25) is 14.7 Å². The number of carbonyl (C=O) groups excluding carboxylic acids is 2. The van der Waals surface area contributed by atoms with Gasteiger partial charge in [0.2, 0.25) is 11.8 Å². The number of H-pyrrole nitrogens is 1. The molecular weight excluding hydrogens is 342 g/mol. The predicted octanol–water partition coefficient (Wildman–Crippen LogP) is 2.11. The van der Waals surface area contributed by atoms with E-state index in [9.17, 15) is 9.59 Å². The molecule has 7 nitrogen and oxygen atoms in total. The number of amides is 2. The van der Waals surface area contributed by atoms with Crippen LogP contribution in [0.15, 0.2) is 30.3 Å². The number of nitrogens with one attached hydrogen (secondary N) is 1. The molecule has 2 heterocycles. The van der Waals surface area contributed by atoms with Crippen LogP contribution in [0.4, 0.5) is 0 Å². The zero-order chi connectivity index (χ0) is 19.4. The van der Waals surface area contributed by atoms with Gasteiger partial charge in [0.15, 0.2) is 5.82 Å². The molecule has 1 fully saturated rings. The molecule has 1 aromatic heterocycles. The van der Waals surface area contributed by atoms with Crippen LogP contribution >= 0.6 is 0 Å². The Balaban J connectivity index is 1.76. The SMILES string of the molecule is Cc1nc(C2CCN(C(=O)Cc3ccccc3)CCN2C(=O)C(C)C)n[nH]1. The van der Waals surface area contributed by atoms with Gasteiger partial charge < -0.3 is 9.80 Å². The Kier molecular flexibility index (Phi) is 5.88. The molecule has 1 aliphatic heterocycles. The number of carbonyl (C=O) groups is 2. The van der Waals surface area contributed by atoms with E-state index in [1.807, 2.05) is 60.9 Å². The maximum atomic E-state index is 12.8. The summed E-state index contributed by atoms with van der Waals surface area (Å²) in [5.74, 6) is 1.39. The third-order valence-electron chi connectivity index (χ3n) is 4.90. The van der Waals surface area contributed by atoms with Crippen LogP contribution in [0.3, 0.4) is 0 Å². The number of hydrogen-bond donors (Lipinski definition) is 1. The summed E-state index contributed by atoms with van der Waals surface area (Å²) < 4.78 is 0. The van der Waals surface area contributed by atoms with Gasteiger partial charge in [-0.25, -0.2) is 4.98 Å². The summed E-state index contributed by atoms with van der Waals surface area (Å²) in [6.07, 6.45) is 1.01. The van der Waals surface area contributed by atoms with Crippen molar-refractivity contribution in [1.29, 1.82) is 0 Å². The van der Waals surface area contributed by atoms with Crippen LogP contribution in [0, 0.1) is 12.8 Å². The van der Waals surface area contributed by atoms with Crippen LogP contribution in [0.2, 0.25) is 0 Å². The molecule has 1 aromatic carbocycles. The first kappa shape index (κ1) is 19.1. The standard InChI is InChI=1S/C20H27N5O2/c1-14(2)20(27)25-12-11-24(18(26)13-16-7-5-4-6-8-16)10-9-17(25)19-21-15(3)22-23-19/h4-8,14,17H,9-13H2,1-3H3,(H,21,22,23). The molecule has 2 amide bonds. The van der Waals surface area contributed by atoms with E-state index in [1.165, 1.54) is 0 Å². The van der Waals surface area contributed by atoms with Crippen molar-refractivity contribution in [2.45, 2.75) is 39.7 Å². The van der Waals surface area contributed by atoms with Crippen LogP contribution in [0.5, 0.6) is 0 Å². The van der Waals surface area contributed by atoms with Crippen LogP contribution in [-0.2, 0) is 16.0 Å². The summed E-state index contributed by atoms with van der Waals surface area (Å²) in [7, 11) is 0. The highest BCUT2D eigenvalue weighted by Gasteiger charge is 2.33. The van der Waals surface area contributed by atoms with Crippen LogP contribution in [0.1, 0.15) is 43.5 Å². The molecule has 1 unspecified atom stereocenters. The number of hydrogen-bond acceptors (Lipinski definition) is 4. The molecule has 1 atom stereocenters.